The number of hydrogen-bond donors (Lipinski definition) is 11. The van der Waals surface area contributed by atoms with E-state index in [-0.39, 0.29) is 37.2 Å². The topological polar surface area (TPSA) is 277 Å². The number of H-pyrrole nitrogens is 1. The van der Waals surface area contributed by atoms with E-state index in [2.05, 4.69) is 36.9 Å². The monoisotopic (exact) mass is 856 g/mol. The molecule has 322 valence electrons. The number of aromatic amines is 1. The fourth-order valence-electron chi connectivity index (χ4n) is 6.38. The number of hydrogen-bond acceptors (Lipinski definition) is 12. The minimum absolute atomic E-state index is 0.00689. The van der Waals surface area contributed by atoms with Crippen LogP contribution in [0.15, 0.2) is 60.8 Å². The average molecular weight is 857 g/mol. The summed E-state index contributed by atoms with van der Waals surface area (Å²) in [5, 5.41) is 47.3. The number of benzene rings is 2. The summed E-state index contributed by atoms with van der Waals surface area (Å²) < 4.78 is 0. The minimum Gasteiger partial charge on any atom is -0.394 e. The standard InChI is InChI=1S/C40H56N8O9S2/c1-23(50)32(21-49)46-39(56)33-22-59-58-17-15-34(52)43-30(18-25-10-4-3-5-11-25)37(54)45-31(19-26-20-42-28-13-7-6-12-27(26)28)38(55)44-29(14-8-9-16-41)36(53)48-35(24(2)51)40(57)47-33/h3-7,10-13,20,23-24,29-33,35,42,49-51H,8-9,14-19,21-22,41H2,1-2H3,(H,43,52)(H,44,55)(H,45,54)(H,46,56)(H,47,57)(H,48,53). The van der Waals surface area contributed by atoms with Gasteiger partial charge in [0.05, 0.1) is 24.9 Å². The van der Waals surface area contributed by atoms with Gasteiger partial charge >= 0.3 is 0 Å². The molecule has 17 nitrogen and oxygen atoms in total. The Morgan fingerprint density at radius 1 is 0.814 bits per heavy atom. The first-order chi connectivity index (χ1) is 28.3. The average Bonchev–Trinajstić information content (AvgIpc) is 3.62. The van der Waals surface area contributed by atoms with Crippen LogP contribution in [0.1, 0.15) is 50.7 Å². The van der Waals surface area contributed by atoms with Crippen LogP contribution in [0, 0.1) is 0 Å². The summed E-state index contributed by atoms with van der Waals surface area (Å²) >= 11 is 0. The van der Waals surface area contributed by atoms with Crippen molar-refractivity contribution >= 4 is 67.9 Å². The molecule has 0 saturated carbocycles. The fourth-order valence-corrected chi connectivity index (χ4v) is 8.53. The number of carbonyl (C=O) groups excluding carboxylic acids is 6. The summed E-state index contributed by atoms with van der Waals surface area (Å²) in [4.78, 5) is 86.1. The third-order valence-corrected chi connectivity index (χ3v) is 12.2. The predicted molar refractivity (Wildman–Crippen MR) is 227 cm³/mol. The number of aliphatic hydroxyl groups is 3. The van der Waals surface area contributed by atoms with E-state index >= 15 is 0 Å². The molecular weight excluding hydrogens is 801 g/mol. The second kappa shape index (κ2) is 23.8. The number of amides is 6. The largest absolute Gasteiger partial charge is 0.394 e. The molecule has 2 aromatic carbocycles. The molecule has 19 heteroatoms. The number of aliphatic hydroxyl groups excluding tert-OH is 3. The Hall–Kier alpha value is -4.66. The second-order valence-corrected chi connectivity index (χ2v) is 17.1. The summed E-state index contributed by atoms with van der Waals surface area (Å²) in [5.74, 6) is -4.04. The summed E-state index contributed by atoms with van der Waals surface area (Å²) in [6.07, 6.45) is 0.244. The molecule has 1 aliphatic rings. The van der Waals surface area contributed by atoms with E-state index in [4.69, 9.17) is 5.73 Å². The zero-order valence-corrected chi connectivity index (χ0v) is 34.8. The number of aromatic nitrogens is 1. The van der Waals surface area contributed by atoms with Crippen molar-refractivity contribution in [3.8, 4) is 0 Å². The lowest BCUT2D eigenvalue weighted by molar-refractivity contribution is -0.136. The van der Waals surface area contributed by atoms with Crippen LogP contribution in [-0.2, 0) is 41.6 Å². The van der Waals surface area contributed by atoms with Crippen LogP contribution in [-0.4, -0.2) is 129 Å². The van der Waals surface area contributed by atoms with Gasteiger partial charge in [-0.05, 0) is 56.8 Å². The van der Waals surface area contributed by atoms with Crippen LogP contribution in [0.2, 0.25) is 0 Å². The number of nitrogens with two attached hydrogens (primary N) is 1. The summed E-state index contributed by atoms with van der Waals surface area (Å²) in [6, 6.07) is 9.06. The highest BCUT2D eigenvalue weighted by molar-refractivity contribution is 8.76. The van der Waals surface area contributed by atoms with Gasteiger partial charge in [-0.25, -0.2) is 0 Å². The highest BCUT2D eigenvalue weighted by atomic mass is 33.1. The number of carbonyl (C=O) groups is 6. The second-order valence-electron chi connectivity index (χ2n) is 14.5. The van der Waals surface area contributed by atoms with Crippen molar-refractivity contribution in [1.29, 1.82) is 0 Å². The molecule has 6 amide bonds. The number of fused-ring (bicyclic) bond motifs is 1. The van der Waals surface area contributed by atoms with Crippen LogP contribution in [0.3, 0.4) is 0 Å². The van der Waals surface area contributed by atoms with Gasteiger partial charge in [0.25, 0.3) is 0 Å². The molecule has 8 unspecified atom stereocenters. The van der Waals surface area contributed by atoms with Gasteiger partial charge in [0.2, 0.25) is 35.4 Å². The van der Waals surface area contributed by atoms with E-state index in [1.807, 2.05) is 54.6 Å². The zero-order chi connectivity index (χ0) is 42.9. The molecule has 0 spiro atoms. The van der Waals surface area contributed by atoms with E-state index < -0.39 is 90.5 Å². The highest BCUT2D eigenvalue weighted by Crippen LogP contribution is 2.24. The Morgan fingerprint density at radius 3 is 2.15 bits per heavy atom. The van der Waals surface area contributed by atoms with Gasteiger partial charge in [0.15, 0.2) is 0 Å². The Balaban J connectivity index is 1.71. The Kier molecular flexibility index (Phi) is 19.0. The van der Waals surface area contributed by atoms with Gasteiger partial charge in [-0.2, -0.15) is 0 Å². The molecule has 0 aliphatic carbocycles. The molecule has 3 aromatic rings. The van der Waals surface area contributed by atoms with Crippen molar-refractivity contribution in [3.63, 3.8) is 0 Å². The number of unbranched alkanes of at least 4 members (excludes halogenated alkanes) is 1. The molecule has 1 fully saturated rings. The van der Waals surface area contributed by atoms with Gasteiger partial charge in [0, 0.05) is 47.9 Å². The SMILES string of the molecule is CC(O)C(CO)NC(=O)C1CSSCCC(=O)NC(Cc2ccccc2)C(=O)NC(Cc2c[nH]c3ccccc23)C(=O)NC(CCCCN)C(=O)NC(C(C)O)C(=O)N1. The number of rotatable bonds is 13. The van der Waals surface area contributed by atoms with E-state index in [9.17, 15) is 44.1 Å². The molecule has 8 atom stereocenters. The minimum atomic E-state index is -1.58. The molecule has 59 heavy (non-hydrogen) atoms. The lowest BCUT2D eigenvalue weighted by atomic mass is 10.0. The molecule has 0 bridgehead atoms. The van der Waals surface area contributed by atoms with E-state index in [1.165, 1.54) is 24.6 Å². The zero-order valence-electron chi connectivity index (χ0n) is 33.1. The lowest BCUT2D eigenvalue weighted by Gasteiger charge is -2.29. The van der Waals surface area contributed by atoms with Crippen LogP contribution in [0.4, 0.5) is 0 Å². The van der Waals surface area contributed by atoms with E-state index in [0.29, 0.717) is 24.9 Å². The van der Waals surface area contributed by atoms with Gasteiger partial charge in [-0.1, -0.05) is 70.1 Å². The summed E-state index contributed by atoms with van der Waals surface area (Å²) in [7, 11) is 2.39. The molecule has 1 saturated heterocycles. The third-order valence-electron chi connectivity index (χ3n) is 9.78. The van der Waals surface area contributed by atoms with Crippen molar-refractivity contribution in [2.75, 3.05) is 24.7 Å². The van der Waals surface area contributed by atoms with Crippen LogP contribution < -0.4 is 37.6 Å². The third kappa shape index (κ3) is 14.5. The predicted octanol–water partition coefficient (Wildman–Crippen LogP) is -0.470. The van der Waals surface area contributed by atoms with Crippen molar-refractivity contribution in [3.05, 3.63) is 71.9 Å². The Labute approximate surface area is 350 Å². The number of para-hydroxylation sites is 1. The fraction of sp³-hybridized carbons (Fsp3) is 0.500. The summed E-state index contributed by atoms with van der Waals surface area (Å²) in [5.41, 5.74) is 8.02. The van der Waals surface area contributed by atoms with Gasteiger partial charge < -0.3 is 57.9 Å². The molecule has 4 rings (SSSR count). The van der Waals surface area contributed by atoms with Crippen molar-refractivity contribution in [2.24, 2.45) is 5.73 Å². The van der Waals surface area contributed by atoms with Crippen molar-refractivity contribution in [2.45, 2.75) is 101 Å². The first kappa shape index (κ1) is 47.0. The maximum absolute atomic E-state index is 14.3. The highest BCUT2D eigenvalue weighted by Gasteiger charge is 2.35. The van der Waals surface area contributed by atoms with Crippen molar-refractivity contribution in [1.82, 2.24) is 36.9 Å². The van der Waals surface area contributed by atoms with Gasteiger partial charge in [0.1, 0.15) is 30.2 Å². The first-order valence-corrected chi connectivity index (χ1v) is 22.1. The maximum Gasteiger partial charge on any atom is 0.245 e. The normalized spacial score (nSPS) is 23.4. The Bertz CT molecular complexity index is 1860. The van der Waals surface area contributed by atoms with E-state index in [0.717, 1.165) is 27.3 Å². The summed E-state index contributed by atoms with van der Waals surface area (Å²) in [6.45, 7) is 2.38. The van der Waals surface area contributed by atoms with Crippen LogP contribution in [0.25, 0.3) is 10.9 Å². The maximum atomic E-state index is 14.3. The quantitative estimate of drug-likeness (QED) is 0.0770. The molecule has 2 heterocycles. The molecule has 1 aromatic heterocycles. The first-order valence-electron chi connectivity index (χ1n) is 19.6. The molecule has 0 radical (unpaired) electrons. The number of nitrogens with one attached hydrogen (secondary N) is 7. The lowest BCUT2D eigenvalue weighted by Crippen LogP contribution is -2.62. The molecular formula is C40H56N8O9S2. The van der Waals surface area contributed by atoms with Gasteiger partial charge in [-0.15, -0.1) is 0 Å². The van der Waals surface area contributed by atoms with E-state index in [1.54, 1.807) is 6.20 Å². The van der Waals surface area contributed by atoms with Crippen LogP contribution in [0.5, 0.6) is 0 Å². The molecule has 1 aliphatic heterocycles. The van der Waals surface area contributed by atoms with Crippen molar-refractivity contribution < 1.29 is 44.1 Å². The van der Waals surface area contributed by atoms with Gasteiger partial charge in [-0.3, -0.25) is 28.8 Å². The Morgan fingerprint density at radius 2 is 1.47 bits per heavy atom. The van der Waals surface area contributed by atoms with Crippen LogP contribution >= 0.6 is 21.6 Å². The molecule has 12 N–H and O–H groups in total. The smallest absolute Gasteiger partial charge is 0.245 e.